The SMILES string of the molecule is N#CC(C#N)=C(CP(OB(Oc1cc(C(F)(F)F)cc(C(F)(F)F)c1)OP(CC(=C(C#N)C#N)c1ccccc1)(c1ccccc1)(c1ccccc1)c1ccccc1)(c1ccccc1)(c1ccccc1)c1ccccc1)c1ccccc1. The van der Waals surface area contributed by atoms with Crippen LogP contribution in [0.3, 0.4) is 0 Å². The summed E-state index contributed by atoms with van der Waals surface area (Å²) in [6, 6.07) is 79.3. The first-order valence-corrected chi connectivity index (χ1v) is 30.2. The standard InChI is InChI=1S/C66H47BF6N4O3P2/c68-65(69,70)54-41-55(66(71,72)73)43-56(42-54)78-67(79-81(57-29-13-3-14-30-57,58-31-15-4-16-32-58,59-33-17-5-18-34-59)48-63(52(44-74)45-75)50-25-9-1-10-26-50)80-82(60-35-19-6-20-36-60,61-37-21-7-22-38-61,62-39-23-8-24-40-62)49-64(53(46-76)47-77)51-27-11-2-12-28-51/h1-43H,48-49H2. The number of allylic oxidation sites excluding steroid dienone is 4. The molecule has 0 aliphatic rings. The Balaban J connectivity index is 1.55. The molecule has 0 heterocycles. The molecule has 0 aromatic heterocycles. The van der Waals surface area contributed by atoms with Crippen LogP contribution in [0.2, 0.25) is 0 Å². The molecule has 9 rings (SSSR count). The molecule has 404 valence electrons. The van der Waals surface area contributed by atoms with Crippen molar-refractivity contribution < 1.29 is 39.9 Å². The molecule has 16 heteroatoms. The van der Waals surface area contributed by atoms with Crippen molar-refractivity contribution in [1.29, 1.82) is 21.0 Å². The van der Waals surface area contributed by atoms with Gasteiger partial charge in [-0.3, -0.25) is 0 Å². The summed E-state index contributed by atoms with van der Waals surface area (Å²) in [6.45, 7) is -10.9. The van der Waals surface area contributed by atoms with Gasteiger partial charge in [-0.05, 0) is 0 Å². The molecule has 0 bridgehead atoms. The summed E-state index contributed by atoms with van der Waals surface area (Å²) in [5.74, 6) is -0.967. The van der Waals surface area contributed by atoms with E-state index in [0.717, 1.165) is 0 Å². The van der Waals surface area contributed by atoms with Gasteiger partial charge >= 0.3 is 474 Å². The Kier molecular flexibility index (Phi) is 16.6. The summed E-state index contributed by atoms with van der Waals surface area (Å²) in [7, 11) is -2.45. The van der Waals surface area contributed by atoms with Crippen molar-refractivity contribution in [2.45, 2.75) is 12.4 Å². The molecule has 0 saturated heterocycles. The fraction of sp³-hybridized carbons (Fsp3) is 0.0606. The van der Waals surface area contributed by atoms with E-state index in [0.29, 0.717) is 55.1 Å². The predicted molar refractivity (Wildman–Crippen MR) is 314 cm³/mol. The minimum atomic E-state index is -5.43. The third kappa shape index (κ3) is 10.7. The van der Waals surface area contributed by atoms with Crippen molar-refractivity contribution in [2.75, 3.05) is 12.3 Å². The number of nitriles is 4. The van der Waals surface area contributed by atoms with E-state index in [9.17, 15) is 21.0 Å². The van der Waals surface area contributed by atoms with Crippen LogP contribution in [0, 0.1) is 45.3 Å². The Bertz CT molecular complexity index is 3470. The first kappa shape index (κ1) is 57.3. The Labute approximate surface area is 471 Å². The molecule has 0 fully saturated rings. The summed E-state index contributed by atoms with van der Waals surface area (Å²) >= 11 is 0. The molecule has 82 heavy (non-hydrogen) atoms. The van der Waals surface area contributed by atoms with Gasteiger partial charge in [0.1, 0.15) is 0 Å². The maximum absolute atomic E-state index is 15.2. The average Bonchev–Trinajstić information content (AvgIpc) is 3.23. The van der Waals surface area contributed by atoms with Crippen molar-refractivity contribution in [2.24, 2.45) is 0 Å². The number of alkyl halides is 6. The van der Waals surface area contributed by atoms with Crippen molar-refractivity contribution >= 4 is 64.0 Å². The van der Waals surface area contributed by atoms with Crippen LogP contribution in [-0.2, 0) is 21.2 Å². The van der Waals surface area contributed by atoms with Crippen LogP contribution in [0.4, 0.5) is 26.3 Å². The first-order chi connectivity index (χ1) is 39.6. The monoisotopic (exact) mass is 1130 g/mol. The summed E-state index contributed by atoms with van der Waals surface area (Å²) in [4.78, 5) is 0. The molecule has 0 spiro atoms. The molecule has 0 unspecified atom stereocenters. The van der Waals surface area contributed by atoms with Crippen molar-refractivity contribution in [3.63, 3.8) is 0 Å². The van der Waals surface area contributed by atoms with E-state index in [1.807, 2.05) is 0 Å². The van der Waals surface area contributed by atoms with Crippen LogP contribution in [0.25, 0.3) is 11.1 Å². The first-order valence-electron chi connectivity index (χ1n) is 25.5. The molecule has 9 aromatic rings. The zero-order chi connectivity index (χ0) is 57.9. The second-order valence-corrected chi connectivity index (χ2v) is 28.0. The van der Waals surface area contributed by atoms with E-state index < -0.39 is 50.2 Å². The predicted octanol–water partition coefficient (Wildman–Crippen LogP) is 14.0. The van der Waals surface area contributed by atoms with Crippen molar-refractivity contribution in [3.05, 3.63) is 294 Å². The molecule has 7 nitrogen and oxygen atoms in total. The van der Waals surface area contributed by atoms with Crippen LogP contribution in [0.5, 0.6) is 5.75 Å². The van der Waals surface area contributed by atoms with Crippen LogP contribution >= 0.6 is 13.7 Å². The molecule has 0 aliphatic heterocycles. The van der Waals surface area contributed by atoms with E-state index in [1.165, 1.54) is 0 Å². The van der Waals surface area contributed by atoms with Gasteiger partial charge in [-0.1, -0.05) is 0 Å². The topological polar surface area (TPSA) is 123 Å². The van der Waals surface area contributed by atoms with Gasteiger partial charge in [0.15, 0.2) is 0 Å². The Hall–Kier alpha value is -9.36. The van der Waals surface area contributed by atoms with E-state index in [-0.39, 0.29) is 40.7 Å². The van der Waals surface area contributed by atoms with Gasteiger partial charge in [0.2, 0.25) is 0 Å². The van der Waals surface area contributed by atoms with Gasteiger partial charge in [-0.15, -0.1) is 0 Å². The van der Waals surface area contributed by atoms with Crippen molar-refractivity contribution in [1.82, 2.24) is 0 Å². The van der Waals surface area contributed by atoms with Gasteiger partial charge in [-0.2, -0.15) is 0 Å². The van der Waals surface area contributed by atoms with Crippen LogP contribution in [0.1, 0.15) is 22.3 Å². The Morgan fingerprint density at radius 1 is 0.354 bits per heavy atom. The number of hydrogen-bond donors (Lipinski definition) is 0. The van der Waals surface area contributed by atoms with Crippen LogP contribution in [-0.4, -0.2) is 19.6 Å². The zero-order valence-corrected chi connectivity index (χ0v) is 45.3. The second kappa shape index (κ2) is 23.8. The third-order valence-electron chi connectivity index (χ3n) is 14.5. The van der Waals surface area contributed by atoms with Gasteiger partial charge in [-0.25, -0.2) is 0 Å². The van der Waals surface area contributed by atoms with Gasteiger partial charge in [0.25, 0.3) is 0 Å². The quantitative estimate of drug-likeness (QED) is 0.0363. The van der Waals surface area contributed by atoms with Crippen LogP contribution in [0.15, 0.2) is 272 Å². The molecular formula is C66H47BF6N4O3P2. The van der Waals surface area contributed by atoms with Crippen LogP contribution < -0.4 is 36.5 Å². The Morgan fingerprint density at radius 2 is 0.585 bits per heavy atom. The number of rotatable bonds is 18. The number of nitrogens with zero attached hydrogens (tertiary/aromatic N) is 4. The third-order valence-corrected chi connectivity index (χ3v) is 25.9. The normalized spacial score (nSPS) is 12.5. The van der Waals surface area contributed by atoms with Gasteiger partial charge < -0.3 is 0 Å². The zero-order valence-electron chi connectivity index (χ0n) is 43.5. The number of halogens is 6. The minimum absolute atomic E-state index is 0.0100. The number of hydrogen-bond acceptors (Lipinski definition) is 7. The fourth-order valence-corrected chi connectivity index (χ4v) is 22.2. The summed E-state index contributed by atoms with van der Waals surface area (Å²) < 4.78 is 114. The molecule has 0 atom stereocenters. The summed E-state index contributed by atoms with van der Waals surface area (Å²) in [5, 5.41) is 46.5. The average molecular weight is 1130 g/mol. The van der Waals surface area contributed by atoms with Gasteiger partial charge in [0, 0.05) is 0 Å². The maximum atomic E-state index is 15.2. The van der Waals surface area contributed by atoms with E-state index in [1.54, 1.807) is 243 Å². The van der Waals surface area contributed by atoms with Gasteiger partial charge in [0.05, 0.1) is 0 Å². The van der Waals surface area contributed by atoms with E-state index >= 15 is 26.3 Å². The summed E-state index contributed by atoms with van der Waals surface area (Å²) in [5.41, 5.74) is -2.86. The molecule has 0 aliphatic carbocycles. The fourth-order valence-electron chi connectivity index (χ4n) is 10.7. The molecular weight excluding hydrogens is 1080 g/mol. The Morgan fingerprint density at radius 3 is 0.805 bits per heavy atom. The summed E-state index contributed by atoms with van der Waals surface area (Å²) in [6.07, 6.45) is -11.4. The molecule has 0 N–H and O–H groups in total. The molecule has 0 saturated carbocycles. The second-order valence-electron chi connectivity index (χ2n) is 19.0. The van der Waals surface area contributed by atoms with E-state index in [4.69, 9.17) is 13.5 Å². The molecule has 9 aromatic carbocycles. The number of benzene rings is 9. The molecule has 0 radical (unpaired) electrons. The molecule has 0 amide bonds. The van der Waals surface area contributed by atoms with Crippen molar-refractivity contribution in [3.8, 4) is 30.0 Å². The van der Waals surface area contributed by atoms with E-state index in [2.05, 4.69) is 24.3 Å².